The number of aromatic amines is 1. The van der Waals surface area contributed by atoms with Crippen molar-refractivity contribution in [2.24, 2.45) is 11.1 Å². The molecule has 3 rings (SSSR count). The van der Waals surface area contributed by atoms with Crippen LogP contribution in [-0.2, 0) is 22.6 Å². The summed E-state index contributed by atoms with van der Waals surface area (Å²) in [6.45, 7) is 5.34. The Bertz CT molecular complexity index is 1010. The summed E-state index contributed by atoms with van der Waals surface area (Å²) in [7, 11) is -4.72. The van der Waals surface area contributed by atoms with Crippen LogP contribution in [0.2, 0.25) is 0 Å². The monoisotopic (exact) mass is 429 g/mol. The number of hydrogen-bond donors (Lipinski definition) is 2. The van der Waals surface area contributed by atoms with Crippen LogP contribution in [0.15, 0.2) is 17.0 Å². The highest BCUT2D eigenvalue weighted by atomic mass is 32.2. The first kappa shape index (κ1) is 21.2. The molecule has 2 aromatic rings. The van der Waals surface area contributed by atoms with Crippen molar-refractivity contribution in [3.8, 4) is 18.0 Å². The predicted octanol–water partition coefficient (Wildman–Crippen LogP) is 2.99. The van der Waals surface area contributed by atoms with E-state index in [2.05, 4.69) is 25.5 Å². The number of benzene rings is 1. The van der Waals surface area contributed by atoms with E-state index in [4.69, 9.17) is 11.7 Å². The fraction of sp³-hybridized carbons (Fsp3) is 0.529. The molecule has 156 valence electrons. The van der Waals surface area contributed by atoms with Crippen LogP contribution >= 0.6 is 0 Å². The van der Waals surface area contributed by atoms with Crippen LogP contribution in [0.4, 0.5) is 13.2 Å². The number of sulfonamides is 1. The molecule has 1 aromatic heterocycles. The van der Waals surface area contributed by atoms with Gasteiger partial charge in [0.15, 0.2) is 0 Å². The zero-order valence-corrected chi connectivity index (χ0v) is 16.2. The number of alkyl halides is 3. The smallest absolute Gasteiger partial charge is 0.225 e. The zero-order chi connectivity index (χ0) is 21.2. The lowest BCUT2D eigenvalue weighted by Gasteiger charge is -2.22. The van der Waals surface area contributed by atoms with Crippen LogP contribution < -0.4 is 5.14 Å². The third-order valence-corrected chi connectivity index (χ3v) is 6.24. The summed E-state index contributed by atoms with van der Waals surface area (Å²) < 4.78 is 64.7. The van der Waals surface area contributed by atoms with E-state index in [9.17, 15) is 21.6 Å². The normalized spacial score (nSPS) is 20.4. The SMILES string of the molecule is C#[N+]C1CCC(CCc2ccc(C(F)(F)F)c(S(N)(=O)=O)c2-c2nn[nH]n2)CC1. The van der Waals surface area contributed by atoms with Crippen LogP contribution in [0.5, 0.6) is 0 Å². The van der Waals surface area contributed by atoms with Gasteiger partial charge in [-0.25, -0.2) is 13.6 Å². The minimum absolute atomic E-state index is 0.140. The Morgan fingerprint density at radius 2 is 1.93 bits per heavy atom. The number of primary sulfonamides is 1. The second-order valence-corrected chi connectivity index (χ2v) is 8.62. The molecular formula is C17H20F3N6O2S+. The minimum Gasteiger partial charge on any atom is -0.225 e. The average Bonchev–Trinajstić information content (AvgIpc) is 3.19. The summed E-state index contributed by atoms with van der Waals surface area (Å²) in [5, 5.41) is 18.0. The largest absolute Gasteiger partial charge is 0.417 e. The van der Waals surface area contributed by atoms with Crippen LogP contribution in [0, 0.1) is 12.5 Å². The number of tetrazole rings is 1. The van der Waals surface area contributed by atoms with E-state index in [0.717, 1.165) is 31.7 Å². The molecule has 1 aromatic carbocycles. The van der Waals surface area contributed by atoms with Gasteiger partial charge >= 0.3 is 6.18 Å². The molecule has 1 fully saturated rings. The van der Waals surface area contributed by atoms with Gasteiger partial charge in [-0.2, -0.15) is 18.4 Å². The molecule has 1 heterocycles. The van der Waals surface area contributed by atoms with Gasteiger partial charge in [0.2, 0.25) is 15.8 Å². The van der Waals surface area contributed by atoms with E-state index in [1.807, 2.05) is 0 Å². The number of aryl methyl sites for hydroxylation is 1. The standard InChI is InChI=1S/C17H20F3N6O2S/c1-22-12-7-3-10(4-8-12)2-5-11-6-9-13(17(18,19)20)15(29(21,27)28)14(11)16-23-25-26-24-16/h1,6,9-10,12H,2-5,7-8H2,(H2,21,27,28)(H,23,24,25,26)/q+1. The van der Waals surface area contributed by atoms with Crippen LogP contribution in [0.25, 0.3) is 16.2 Å². The highest BCUT2D eigenvalue weighted by Gasteiger charge is 2.39. The molecule has 0 saturated heterocycles. The topological polar surface area (TPSA) is 119 Å². The molecule has 0 spiro atoms. The van der Waals surface area contributed by atoms with Crippen molar-refractivity contribution >= 4 is 10.0 Å². The second-order valence-electron chi connectivity index (χ2n) is 7.12. The predicted molar refractivity (Wildman–Crippen MR) is 98.4 cm³/mol. The first-order chi connectivity index (χ1) is 13.6. The molecule has 8 nitrogen and oxygen atoms in total. The van der Waals surface area contributed by atoms with Crippen LogP contribution in [-0.4, -0.2) is 35.1 Å². The number of nitrogens with one attached hydrogen (secondary N) is 1. The van der Waals surface area contributed by atoms with Gasteiger partial charge in [-0.15, -0.1) is 10.2 Å². The first-order valence-electron chi connectivity index (χ1n) is 9.01. The molecule has 0 radical (unpaired) electrons. The van der Waals surface area contributed by atoms with Crippen molar-refractivity contribution in [3.63, 3.8) is 0 Å². The molecule has 0 atom stereocenters. The molecular weight excluding hydrogens is 409 g/mol. The Hall–Kier alpha value is -2.52. The second kappa shape index (κ2) is 8.08. The molecule has 0 aliphatic heterocycles. The number of halogens is 3. The molecule has 1 aliphatic carbocycles. The number of nitrogens with zero attached hydrogens (tertiary/aromatic N) is 4. The summed E-state index contributed by atoms with van der Waals surface area (Å²) >= 11 is 0. The van der Waals surface area contributed by atoms with Gasteiger partial charge in [0, 0.05) is 18.4 Å². The summed E-state index contributed by atoms with van der Waals surface area (Å²) in [5.74, 6) is 0.0899. The van der Waals surface area contributed by atoms with Crippen molar-refractivity contribution in [3.05, 3.63) is 28.1 Å². The number of rotatable bonds is 5. The fourth-order valence-electron chi connectivity index (χ4n) is 3.81. The molecule has 12 heteroatoms. The molecule has 3 N–H and O–H groups in total. The van der Waals surface area contributed by atoms with Gasteiger partial charge in [-0.1, -0.05) is 10.9 Å². The highest BCUT2D eigenvalue weighted by molar-refractivity contribution is 7.89. The number of hydrogen-bond acceptors (Lipinski definition) is 5. The third kappa shape index (κ3) is 4.73. The Morgan fingerprint density at radius 1 is 1.24 bits per heavy atom. The van der Waals surface area contributed by atoms with Gasteiger partial charge < -0.3 is 0 Å². The maximum atomic E-state index is 13.5. The van der Waals surface area contributed by atoms with Crippen LogP contribution in [0.3, 0.4) is 0 Å². The van der Waals surface area contributed by atoms with Crippen molar-refractivity contribution in [2.45, 2.75) is 55.6 Å². The lowest BCUT2D eigenvalue weighted by atomic mass is 9.82. The summed E-state index contributed by atoms with van der Waals surface area (Å²) in [6.07, 6.45) is -0.403. The molecule has 0 unspecified atom stereocenters. The van der Waals surface area contributed by atoms with E-state index in [0.29, 0.717) is 24.3 Å². The average molecular weight is 429 g/mol. The van der Waals surface area contributed by atoms with Gasteiger partial charge in [0.1, 0.15) is 4.90 Å². The molecule has 0 amide bonds. The Morgan fingerprint density at radius 3 is 2.45 bits per heavy atom. The Labute approximate surface area is 165 Å². The minimum atomic E-state index is -4.91. The lowest BCUT2D eigenvalue weighted by Crippen LogP contribution is -2.21. The van der Waals surface area contributed by atoms with Gasteiger partial charge in [0.05, 0.1) is 5.56 Å². The maximum Gasteiger partial charge on any atom is 0.417 e. The van der Waals surface area contributed by atoms with Crippen molar-refractivity contribution in [1.29, 1.82) is 0 Å². The maximum absolute atomic E-state index is 13.5. The van der Waals surface area contributed by atoms with E-state index in [1.165, 1.54) is 6.07 Å². The summed E-state index contributed by atoms with van der Waals surface area (Å²) in [6, 6.07) is 2.13. The summed E-state index contributed by atoms with van der Waals surface area (Å²) in [4.78, 5) is 2.77. The lowest BCUT2D eigenvalue weighted by molar-refractivity contribution is -0.139. The Balaban J connectivity index is 2.01. The zero-order valence-electron chi connectivity index (χ0n) is 15.4. The quantitative estimate of drug-likeness (QED) is 0.757. The van der Waals surface area contributed by atoms with E-state index >= 15 is 0 Å². The van der Waals surface area contributed by atoms with Crippen molar-refractivity contribution in [1.82, 2.24) is 20.6 Å². The fourth-order valence-corrected chi connectivity index (χ4v) is 4.80. The molecule has 0 bridgehead atoms. The van der Waals surface area contributed by atoms with Gasteiger partial charge in [0.25, 0.3) is 12.6 Å². The molecule has 29 heavy (non-hydrogen) atoms. The van der Waals surface area contributed by atoms with Crippen molar-refractivity contribution < 1.29 is 21.6 Å². The van der Waals surface area contributed by atoms with Crippen molar-refractivity contribution in [2.75, 3.05) is 0 Å². The first-order valence-corrected chi connectivity index (χ1v) is 10.6. The van der Waals surface area contributed by atoms with E-state index in [1.54, 1.807) is 0 Å². The van der Waals surface area contributed by atoms with Gasteiger partial charge in [-0.05, 0) is 48.4 Å². The Kier molecular flexibility index (Phi) is 5.90. The summed E-state index contributed by atoms with van der Waals surface area (Å²) in [5.41, 5.74) is -1.25. The van der Waals surface area contributed by atoms with Crippen LogP contribution in [0.1, 0.15) is 43.2 Å². The van der Waals surface area contributed by atoms with E-state index in [-0.39, 0.29) is 17.4 Å². The van der Waals surface area contributed by atoms with Gasteiger partial charge in [-0.3, -0.25) is 0 Å². The number of aromatic nitrogens is 4. The number of nitrogens with two attached hydrogens (primary N) is 1. The molecule has 1 saturated carbocycles. The molecule has 1 aliphatic rings. The van der Waals surface area contributed by atoms with E-state index < -0.39 is 26.7 Å². The highest BCUT2D eigenvalue weighted by Crippen LogP contribution is 2.40. The third-order valence-electron chi connectivity index (χ3n) is 5.25. The number of H-pyrrole nitrogens is 1.